The zero-order valence-corrected chi connectivity index (χ0v) is 21.8. The monoisotopic (exact) mass is 512 g/mol. The molecule has 0 unspecified atom stereocenters. The molecule has 8 heteroatoms. The van der Waals surface area contributed by atoms with Gasteiger partial charge in [0.25, 0.3) is 5.91 Å². The van der Waals surface area contributed by atoms with Crippen LogP contribution in [0.1, 0.15) is 41.1 Å². The summed E-state index contributed by atoms with van der Waals surface area (Å²) in [6.45, 7) is 3.96. The number of hydrogen-bond donors (Lipinski definition) is 1. The van der Waals surface area contributed by atoms with Crippen LogP contribution in [0.3, 0.4) is 0 Å². The summed E-state index contributed by atoms with van der Waals surface area (Å²) >= 11 is 1.30. The third-order valence-corrected chi connectivity index (χ3v) is 7.61. The fourth-order valence-electron chi connectivity index (χ4n) is 4.51. The molecule has 0 spiro atoms. The van der Waals surface area contributed by atoms with Crippen molar-refractivity contribution in [2.24, 2.45) is 10.1 Å². The molecule has 0 saturated heterocycles. The van der Waals surface area contributed by atoms with Gasteiger partial charge in [-0.25, -0.2) is 5.01 Å². The molecule has 0 aromatic heterocycles. The van der Waals surface area contributed by atoms with Gasteiger partial charge in [-0.05, 0) is 60.9 Å². The van der Waals surface area contributed by atoms with Gasteiger partial charge in [0.2, 0.25) is 5.91 Å². The van der Waals surface area contributed by atoms with Crippen LogP contribution in [0.15, 0.2) is 82.9 Å². The number of aliphatic imine (C=N–C) groups is 1. The first kappa shape index (κ1) is 24.8. The first-order valence-electron chi connectivity index (χ1n) is 12.1. The number of thioether (sulfide) groups is 1. The second kappa shape index (κ2) is 10.6. The molecule has 1 N–H and O–H groups in total. The van der Waals surface area contributed by atoms with Gasteiger partial charge in [-0.3, -0.25) is 9.59 Å². The Morgan fingerprint density at radius 1 is 1.08 bits per heavy atom. The zero-order valence-electron chi connectivity index (χ0n) is 21.0. The number of nitrogens with zero attached hydrogens (tertiary/aromatic N) is 3. The molecule has 0 radical (unpaired) electrons. The van der Waals surface area contributed by atoms with Crippen molar-refractivity contribution >= 4 is 40.1 Å². The second-order valence-electron chi connectivity index (χ2n) is 9.16. The lowest BCUT2D eigenvalue weighted by molar-refractivity contribution is -0.121. The van der Waals surface area contributed by atoms with Crippen molar-refractivity contribution in [1.82, 2.24) is 5.01 Å². The van der Waals surface area contributed by atoms with Crippen molar-refractivity contribution < 1.29 is 14.3 Å². The highest BCUT2D eigenvalue weighted by atomic mass is 32.2. The summed E-state index contributed by atoms with van der Waals surface area (Å²) < 4.78 is 5.29. The van der Waals surface area contributed by atoms with Gasteiger partial charge in [0.15, 0.2) is 5.17 Å². The van der Waals surface area contributed by atoms with E-state index in [2.05, 4.69) is 22.4 Å². The Morgan fingerprint density at radius 3 is 2.54 bits per heavy atom. The molecule has 0 aliphatic carbocycles. The van der Waals surface area contributed by atoms with Crippen molar-refractivity contribution in [3.8, 4) is 5.75 Å². The number of carbonyl (C=O) groups is 2. The second-order valence-corrected chi connectivity index (χ2v) is 10.3. The van der Waals surface area contributed by atoms with E-state index < -0.39 is 5.25 Å². The van der Waals surface area contributed by atoms with E-state index in [1.807, 2.05) is 79.5 Å². The van der Waals surface area contributed by atoms with Gasteiger partial charge in [0.1, 0.15) is 11.0 Å². The van der Waals surface area contributed by atoms with Crippen LogP contribution < -0.4 is 10.1 Å². The van der Waals surface area contributed by atoms with Gasteiger partial charge >= 0.3 is 0 Å². The highest BCUT2D eigenvalue weighted by Crippen LogP contribution is 2.38. The maximum atomic E-state index is 12.8. The number of hydrogen-bond acceptors (Lipinski definition) is 6. The molecule has 2 aliphatic heterocycles. The summed E-state index contributed by atoms with van der Waals surface area (Å²) in [7, 11) is 1.64. The minimum Gasteiger partial charge on any atom is -0.497 e. The molecular formula is C29H28N4O3S. The standard InChI is InChI=1S/C29H28N4O3S/c1-18-9-14-23(19(2)15-18)30-27(34)17-26-28(35)31-29(37-26)33-25(21-7-5-4-6-8-21)16-24(32-33)20-10-12-22(36-3)13-11-20/h4-15,25-26H,16-17H2,1-3H3,(H,30,34)/t25-,26+/m1/s1. The minimum atomic E-state index is -0.586. The number of ether oxygens (including phenoxy) is 1. The van der Waals surface area contributed by atoms with E-state index in [1.165, 1.54) is 11.8 Å². The number of carbonyl (C=O) groups excluding carboxylic acids is 2. The Morgan fingerprint density at radius 2 is 1.84 bits per heavy atom. The van der Waals surface area contributed by atoms with Gasteiger partial charge in [-0.1, -0.05) is 59.8 Å². The molecule has 7 nitrogen and oxygen atoms in total. The van der Waals surface area contributed by atoms with Crippen LogP contribution in [0.5, 0.6) is 5.75 Å². The third-order valence-electron chi connectivity index (χ3n) is 6.47. The summed E-state index contributed by atoms with van der Waals surface area (Å²) in [5, 5.41) is 9.60. The van der Waals surface area contributed by atoms with Gasteiger partial charge in [0.05, 0.1) is 18.9 Å². The maximum Gasteiger partial charge on any atom is 0.262 e. The van der Waals surface area contributed by atoms with E-state index in [0.717, 1.165) is 39.4 Å². The molecular weight excluding hydrogens is 484 g/mol. The lowest BCUT2D eigenvalue weighted by Gasteiger charge is -2.23. The molecule has 2 amide bonds. The summed E-state index contributed by atoms with van der Waals surface area (Å²) in [5.74, 6) is 0.260. The Balaban J connectivity index is 1.34. The van der Waals surface area contributed by atoms with Crippen LogP contribution in [0, 0.1) is 13.8 Å². The molecule has 0 bridgehead atoms. The maximum absolute atomic E-state index is 12.8. The lowest BCUT2D eigenvalue weighted by atomic mass is 9.98. The molecule has 2 aliphatic rings. The highest BCUT2D eigenvalue weighted by molar-refractivity contribution is 8.15. The Labute approximate surface area is 220 Å². The number of hydrazone groups is 1. The van der Waals surface area contributed by atoms with Crippen LogP contribution in [0.2, 0.25) is 0 Å². The number of anilines is 1. The van der Waals surface area contributed by atoms with Crippen molar-refractivity contribution in [3.05, 3.63) is 95.1 Å². The largest absolute Gasteiger partial charge is 0.497 e. The Hall–Kier alpha value is -3.91. The first-order chi connectivity index (χ1) is 17.9. The molecule has 0 fully saturated rings. The van der Waals surface area contributed by atoms with E-state index in [-0.39, 0.29) is 24.3 Å². The smallest absolute Gasteiger partial charge is 0.262 e. The number of benzene rings is 3. The highest BCUT2D eigenvalue weighted by Gasteiger charge is 2.39. The number of amides is 2. The van der Waals surface area contributed by atoms with E-state index in [0.29, 0.717) is 11.6 Å². The SMILES string of the molecule is COc1ccc(C2=NN(C3=NC(=O)[C@H](CC(=O)Nc4ccc(C)cc4C)S3)[C@@H](c3ccccc3)C2)cc1. The number of rotatable bonds is 6. The number of amidine groups is 1. The predicted molar refractivity (Wildman–Crippen MR) is 148 cm³/mol. The predicted octanol–water partition coefficient (Wildman–Crippen LogP) is 5.49. The van der Waals surface area contributed by atoms with E-state index in [1.54, 1.807) is 7.11 Å². The van der Waals surface area contributed by atoms with E-state index in [4.69, 9.17) is 9.84 Å². The summed E-state index contributed by atoms with van der Waals surface area (Å²) in [4.78, 5) is 29.9. The third kappa shape index (κ3) is 5.44. The van der Waals surface area contributed by atoms with E-state index >= 15 is 0 Å². The molecule has 5 rings (SSSR count). The minimum absolute atomic E-state index is 0.0444. The van der Waals surface area contributed by atoms with Gasteiger partial charge in [-0.2, -0.15) is 10.1 Å². The molecule has 188 valence electrons. The van der Waals surface area contributed by atoms with Crippen LogP contribution >= 0.6 is 11.8 Å². The molecule has 2 atom stereocenters. The molecule has 3 aromatic rings. The van der Waals surface area contributed by atoms with Gasteiger partial charge in [-0.15, -0.1) is 0 Å². The van der Waals surface area contributed by atoms with Crippen molar-refractivity contribution in [2.45, 2.75) is 38.0 Å². The zero-order chi connectivity index (χ0) is 25.9. The normalized spacial score (nSPS) is 19.0. The number of aryl methyl sites for hydroxylation is 2. The molecule has 3 aromatic carbocycles. The van der Waals surface area contributed by atoms with Crippen molar-refractivity contribution in [1.29, 1.82) is 0 Å². The molecule has 2 heterocycles. The van der Waals surface area contributed by atoms with Crippen LogP contribution in [-0.4, -0.2) is 40.1 Å². The quantitative estimate of drug-likeness (QED) is 0.472. The van der Waals surface area contributed by atoms with E-state index in [9.17, 15) is 9.59 Å². The fourth-order valence-corrected chi connectivity index (χ4v) is 5.57. The summed E-state index contributed by atoms with van der Waals surface area (Å²) in [5.41, 5.74) is 5.85. The van der Waals surface area contributed by atoms with Crippen LogP contribution in [0.25, 0.3) is 0 Å². The van der Waals surface area contributed by atoms with Crippen LogP contribution in [-0.2, 0) is 9.59 Å². The number of nitrogens with one attached hydrogen (secondary N) is 1. The Bertz CT molecular complexity index is 1390. The average Bonchev–Trinajstić information content (AvgIpc) is 3.50. The van der Waals surface area contributed by atoms with Gasteiger partial charge in [0, 0.05) is 18.5 Å². The Kier molecular flexibility index (Phi) is 7.10. The lowest BCUT2D eigenvalue weighted by Crippen LogP contribution is -2.25. The first-order valence-corrected chi connectivity index (χ1v) is 13.0. The topological polar surface area (TPSA) is 83.4 Å². The number of methoxy groups -OCH3 is 1. The molecule has 0 saturated carbocycles. The summed E-state index contributed by atoms with van der Waals surface area (Å²) in [6.07, 6.45) is 0.713. The average molecular weight is 513 g/mol. The fraction of sp³-hybridized carbons (Fsp3) is 0.241. The van der Waals surface area contributed by atoms with Crippen molar-refractivity contribution in [3.63, 3.8) is 0 Å². The van der Waals surface area contributed by atoms with Gasteiger partial charge < -0.3 is 10.1 Å². The van der Waals surface area contributed by atoms with Crippen molar-refractivity contribution in [2.75, 3.05) is 12.4 Å². The summed E-state index contributed by atoms with van der Waals surface area (Å²) in [6, 6.07) is 23.6. The van der Waals surface area contributed by atoms with Crippen LogP contribution in [0.4, 0.5) is 5.69 Å². The molecule has 37 heavy (non-hydrogen) atoms.